The summed E-state index contributed by atoms with van der Waals surface area (Å²) in [7, 11) is 0. The van der Waals surface area contributed by atoms with E-state index in [0.29, 0.717) is 23.5 Å². The zero-order valence-corrected chi connectivity index (χ0v) is 8.33. The normalized spacial score (nSPS) is 39.8. The van der Waals surface area contributed by atoms with Gasteiger partial charge in [0.05, 0.1) is 0 Å². The summed E-state index contributed by atoms with van der Waals surface area (Å²) in [5.41, 5.74) is 0. The summed E-state index contributed by atoms with van der Waals surface area (Å²) in [6.45, 7) is 2.19. The van der Waals surface area contributed by atoms with Crippen molar-refractivity contribution in [2.24, 2.45) is 17.8 Å². The number of carbonyl (C=O) groups is 1. The van der Waals surface area contributed by atoms with Crippen LogP contribution in [0.25, 0.3) is 0 Å². The van der Waals surface area contributed by atoms with Crippen molar-refractivity contribution in [1.29, 1.82) is 0 Å². The van der Waals surface area contributed by atoms with Crippen LogP contribution in [0.1, 0.15) is 39.0 Å². The highest BCUT2D eigenvalue weighted by Gasteiger charge is 2.34. The van der Waals surface area contributed by atoms with Gasteiger partial charge in [-0.25, -0.2) is 0 Å². The Morgan fingerprint density at radius 2 is 2.23 bits per heavy atom. The Balaban J connectivity index is 2.20. The molecule has 1 heteroatoms. The molecule has 1 nitrogen and oxygen atoms in total. The van der Waals surface area contributed by atoms with E-state index >= 15 is 0 Å². The third-order valence-corrected chi connectivity index (χ3v) is 3.57. The lowest BCUT2D eigenvalue weighted by atomic mass is 9.73. The molecule has 13 heavy (non-hydrogen) atoms. The second kappa shape index (κ2) is 3.65. The molecule has 1 saturated carbocycles. The first-order valence-corrected chi connectivity index (χ1v) is 5.48. The van der Waals surface area contributed by atoms with Gasteiger partial charge in [0.1, 0.15) is 5.78 Å². The maximum atomic E-state index is 11.8. The SMILES string of the molecule is C[C@H]1C=CC[C@H]2CCCCC(=O)[C@H]21. The standard InChI is InChI=1S/C12H18O/c1-9-5-4-7-10-6-2-3-8-11(13)12(9)10/h4-5,9-10,12H,2-3,6-8H2,1H3/t9-,10+,12-/m0/s1. The van der Waals surface area contributed by atoms with E-state index in [2.05, 4.69) is 19.1 Å². The number of fused-ring (bicyclic) bond motifs is 1. The molecule has 0 spiro atoms. The topological polar surface area (TPSA) is 17.1 Å². The van der Waals surface area contributed by atoms with Gasteiger partial charge in [-0.15, -0.1) is 0 Å². The van der Waals surface area contributed by atoms with Gasteiger partial charge in [0.2, 0.25) is 0 Å². The van der Waals surface area contributed by atoms with Crippen LogP contribution in [-0.2, 0) is 4.79 Å². The Kier molecular flexibility index (Phi) is 2.52. The molecule has 1 fully saturated rings. The number of rotatable bonds is 0. The summed E-state index contributed by atoms with van der Waals surface area (Å²) >= 11 is 0. The average molecular weight is 178 g/mol. The van der Waals surface area contributed by atoms with Gasteiger partial charge in [-0.05, 0) is 31.1 Å². The van der Waals surface area contributed by atoms with E-state index in [-0.39, 0.29) is 0 Å². The van der Waals surface area contributed by atoms with Crippen LogP contribution in [0.2, 0.25) is 0 Å². The summed E-state index contributed by atoms with van der Waals surface area (Å²) in [5, 5.41) is 0. The highest BCUT2D eigenvalue weighted by Crippen LogP contribution is 2.37. The Bertz CT molecular complexity index is 229. The smallest absolute Gasteiger partial charge is 0.136 e. The van der Waals surface area contributed by atoms with Crippen LogP contribution in [0.3, 0.4) is 0 Å². The van der Waals surface area contributed by atoms with E-state index in [1.807, 2.05) is 0 Å². The van der Waals surface area contributed by atoms with E-state index in [0.717, 1.165) is 19.3 Å². The zero-order valence-electron chi connectivity index (χ0n) is 8.33. The van der Waals surface area contributed by atoms with Crippen LogP contribution in [0.4, 0.5) is 0 Å². The lowest BCUT2D eigenvalue weighted by Gasteiger charge is -2.30. The summed E-state index contributed by atoms with van der Waals surface area (Å²) in [5.74, 6) is 2.03. The van der Waals surface area contributed by atoms with E-state index in [4.69, 9.17) is 0 Å². The average Bonchev–Trinajstić information content (AvgIpc) is 2.29. The Morgan fingerprint density at radius 1 is 1.38 bits per heavy atom. The van der Waals surface area contributed by atoms with Crippen LogP contribution < -0.4 is 0 Å². The molecule has 0 radical (unpaired) electrons. The van der Waals surface area contributed by atoms with Crippen molar-refractivity contribution in [2.45, 2.75) is 39.0 Å². The lowest BCUT2D eigenvalue weighted by Crippen LogP contribution is -2.29. The van der Waals surface area contributed by atoms with Crippen molar-refractivity contribution in [1.82, 2.24) is 0 Å². The maximum Gasteiger partial charge on any atom is 0.136 e. The monoisotopic (exact) mass is 178 g/mol. The Morgan fingerprint density at radius 3 is 3.08 bits per heavy atom. The lowest BCUT2D eigenvalue weighted by molar-refractivity contribution is -0.125. The van der Waals surface area contributed by atoms with Crippen LogP contribution in [0.5, 0.6) is 0 Å². The Hall–Kier alpha value is -0.590. The highest BCUT2D eigenvalue weighted by molar-refractivity contribution is 5.82. The molecule has 3 atom stereocenters. The van der Waals surface area contributed by atoms with Crippen LogP contribution >= 0.6 is 0 Å². The van der Waals surface area contributed by atoms with Crippen molar-refractivity contribution in [3.63, 3.8) is 0 Å². The molecule has 0 aromatic carbocycles. The highest BCUT2D eigenvalue weighted by atomic mass is 16.1. The van der Waals surface area contributed by atoms with E-state index < -0.39 is 0 Å². The molecule has 0 aromatic heterocycles. The first kappa shape index (κ1) is 8.98. The number of allylic oxidation sites excluding steroid dienone is 2. The predicted octanol–water partition coefficient (Wildman–Crippen LogP) is 2.96. The largest absolute Gasteiger partial charge is 0.299 e. The minimum absolute atomic E-state index is 0.354. The summed E-state index contributed by atoms with van der Waals surface area (Å²) < 4.78 is 0. The van der Waals surface area contributed by atoms with Gasteiger partial charge in [0, 0.05) is 12.3 Å². The van der Waals surface area contributed by atoms with Crippen LogP contribution in [0.15, 0.2) is 12.2 Å². The van der Waals surface area contributed by atoms with Crippen LogP contribution in [0, 0.1) is 17.8 Å². The molecule has 0 amide bonds. The van der Waals surface area contributed by atoms with Gasteiger partial charge >= 0.3 is 0 Å². The van der Waals surface area contributed by atoms with E-state index in [1.54, 1.807) is 0 Å². The molecule has 2 rings (SSSR count). The molecular formula is C12H18O. The summed E-state index contributed by atoms with van der Waals surface area (Å²) in [6.07, 6.45) is 10.1. The maximum absolute atomic E-state index is 11.8. The van der Waals surface area contributed by atoms with Crippen LogP contribution in [-0.4, -0.2) is 5.78 Å². The van der Waals surface area contributed by atoms with Crippen molar-refractivity contribution < 1.29 is 4.79 Å². The molecule has 0 heterocycles. The molecule has 0 N–H and O–H groups in total. The number of carbonyl (C=O) groups excluding carboxylic acids is 1. The third-order valence-electron chi connectivity index (χ3n) is 3.57. The van der Waals surface area contributed by atoms with Gasteiger partial charge < -0.3 is 0 Å². The fraction of sp³-hybridized carbons (Fsp3) is 0.750. The van der Waals surface area contributed by atoms with E-state index in [1.165, 1.54) is 12.8 Å². The Labute approximate surface area is 80.2 Å². The first-order valence-electron chi connectivity index (χ1n) is 5.48. The third kappa shape index (κ3) is 1.70. The molecule has 0 aliphatic heterocycles. The molecule has 2 aliphatic carbocycles. The fourth-order valence-corrected chi connectivity index (χ4v) is 2.89. The molecule has 2 aliphatic rings. The quantitative estimate of drug-likeness (QED) is 0.521. The molecule has 0 aromatic rings. The second-order valence-electron chi connectivity index (χ2n) is 4.52. The number of ketones is 1. The van der Waals surface area contributed by atoms with Gasteiger partial charge in [-0.3, -0.25) is 4.79 Å². The van der Waals surface area contributed by atoms with Crippen molar-refractivity contribution in [3.05, 3.63) is 12.2 Å². The zero-order chi connectivity index (χ0) is 9.26. The van der Waals surface area contributed by atoms with E-state index in [9.17, 15) is 4.79 Å². The summed E-state index contributed by atoms with van der Waals surface area (Å²) in [4.78, 5) is 11.8. The van der Waals surface area contributed by atoms with Crippen molar-refractivity contribution >= 4 is 5.78 Å². The van der Waals surface area contributed by atoms with Crippen molar-refractivity contribution in [3.8, 4) is 0 Å². The molecule has 0 unspecified atom stereocenters. The predicted molar refractivity (Wildman–Crippen MR) is 53.4 cm³/mol. The van der Waals surface area contributed by atoms with Gasteiger partial charge in [-0.1, -0.05) is 25.5 Å². The second-order valence-corrected chi connectivity index (χ2v) is 4.52. The van der Waals surface area contributed by atoms with Crippen molar-refractivity contribution in [2.75, 3.05) is 0 Å². The number of hydrogen-bond acceptors (Lipinski definition) is 1. The summed E-state index contributed by atoms with van der Waals surface area (Å²) in [6, 6.07) is 0. The molecule has 0 saturated heterocycles. The van der Waals surface area contributed by atoms with Gasteiger partial charge in [0.15, 0.2) is 0 Å². The molecule has 72 valence electrons. The minimum atomic E-state index is 0.354. The molecule has 0 bridgehead atoms. The molecular weight excluding hydrogens is 160 g/mol. The fourth-order valence-electron chi connectivity index (χ4n) is 2.89. The van der Waals surface area contributed by atoms with Gasteiger partial charge in [0.25, 0.3) is 0 Å². The first-order chi connectivity index (χ1) is 6.29. The van der Waals surface area contributed by atoms with Gasteiger partial charge in [-0.2, -0.15) is 0 Å². The number of Topliss-reactive ketones (excluding diaryl/α,β-unsaturated/α-hetero) is 1. The number of hydrogen-bond donors (Lipinski definition) is 0. The minimum Gasteiger partial charge on any atom is -0.299 e.